The number of methoxy groups -OCH3 is 1. The molecule has 2 aliphatic rings. The third-order valence-electron chi connectivity index (χ3n) is 6.02. The molecule has 0 amide bonds. The summed E-state index contributed by atoms with van der Waals surface area (Å²) >= 11 is 0. The number of pyridine rings is 2. The Kier molecular flexibility index (Phi) is 5.40. The van der Waals surface area contributed by atoms with Gasteiger partial charge in [0.05, 0.1) is 12.3 Å². The molecule has 1 unspecified atom stereocenters. The van der Waals surface area contributed by atoms with Gasteiger partial charge < -0.3 is 19.0 Å². The van der Waals surface area contributed by atoms with E-state index in [4.69, 9.17) is 9.15 Å². The largest absolute Gasteiger partial charge is 0.444 e. The van der Waals surface area contributed by atoms with E-state index in [1.54, 1.807) is 25.6 Å². The van der Waals surface area contributed by atoms with Crippen molar-refractivity contribution in [2.24, 2.45) is 0 Å². The Bertz CT molecular complexity index is 1120. The summed E-state index contributed by atoms with van der Waals surface area (Å²) in [5.74, 6) is 1.50. The number of H-pyrrole nitrogens is 1. The molecule has 31 heavy (non-hydrogen) atoms. The molecule has 1 saturated heterocycles. The summed E-state index contributed by atoms with van der Waals surface area (Å²) < 4.78 is 11.1. The lowest BCUT2D eigenvalue weighted by Crippen LogP contribution is -2.46. The lowest BCUT2D eigenvalue weighted by Gasteiger charge is -2.36. The SMILES string of the molecule is COC1Cc2[nH]c(N3CCN(Cc4cccnc4)CC3)cc(=O)c2C=C1c1cnco1. The van der Waals surface area contributed by atoms with E-state index in [1.807, 2.05) is 18.3 Å². The minimum absolute atomic E-state index is 0.00751. The number of piperazine rings is 1. The molecule has 0 radical (unpaired) electrons. The number of hydrogen-bond donors (Lipinski definition) is 1. The van der Waals surface area contributed by atoms with Gasteiger partial charge in [-0.3, -0.25) is 14.7 Å². The van der Waals surface area contributed by atoms with Crippen LogP contribution >= 0.6 is 0 Å². The number of aromatic nitrogens is 3. The van der Waals surface area contributed by atoms with Crippen molar-refractivity contribution in [2.45, 2.75) is 19.1 Å². The fourth-order valence-corrected chi connectivity index (χ4v) is 4.34. The van der Waals surface area contributed by atoms with E-state index < -0.39 is 0 Å². The minimum atomic E-state index is -0.192. The van der Waals surface area contributed by atoms with Crippen LogP contribution in [0.15, 0.2) is 52.4 Å². The molecule has 0 spiro atoms. The molecule has 4 heterocycles. The highest BCUT2D eigenvalue weighted by Crippen LogP contribution is 2.31. The maximum absolute atomic E-state index is 12.9. The molecular weight excluding hydrogens is 394 g/mol. The zero-order valence-corrected chi connectivity index (χ0v) is 17.5. The molecule has 0 saturated carbocycles. The lowest BCUT2D eigenvalue weighted by atomic mass is 9.92. The Morgan fingerprint density at radius 1 is 1.23 bits per heavy atom. The van der Waals surface area contributed by atoms with Gasteiger partial charge in [-0.15, -0.1) is 0 Å². The van der Waals surface area contributed by atoms with Crippen molar-refractivity contribution < 1.29 is 9.15 Å². The quantitative estimate of drug-likeness (QED) is 0.678. The zero-order chi connectivity index (χ0) is 21.2. The molecule has 5 rings (SSSR count). The van der Waals surface area contributed by atoms with E-state index in [0.29, 0.717) is 17.7 Å². The van der Waals surface area contributed by atoms with E-state index in [-0.39, 0.29) is 11.5 Å². The van der Waals surface area contributed by atoms with Crippen LogP contribution in [0.2, 0.25) is 0 Å². The summed E-state index contributed by atoms with van der Waals surface area (Å²) in [6, 6.07) is 5.78. The number of oxazole rings is 1. The molecule has 1 aliphatic heterocycles. The second kappa shape index (κ2) is 8.49. The Hall–Kier alpha value is -3.23. The molecule has 8 nitrogen and oxygen atoms in total. The van der Waals surface area contributed by atoms with Gasteiger partial charge >= 0.3 is 0 Å². The van der Waals surface area contributed by atoms with Crippen molar-refractivity contribution in [1.29, 1.82) is 0 Å². The lowest BCUT2D eigenvalue weighted by molar-refractivity contribution is 0.146. The molecule has 8 heteroatoms. The molecule has 0 aromatic carbocycles. The Labute approximate surface area is 180 Å². The predicted molar refractivity (Wildman–Crippen MR) is 118 cm³/mol. The van der Waals surface area contributed by atoms with Gasteiger partial charge in [-0.2, -0.15) is 0 Å². The van der Waals surface area contributed by atoms with Crippen molar-refractivity contribution in [3.05, 3.63) is 76.0 Å². The smallest absolute Gasteiger partial charge is 0.191 e. The number of aromatic amines is 1. The Morgan fingerprint density at radius 3 is 2.81 bits per heavy atom. The first-order valence-electron chi connectivity index (χ1n) is 10.5. The summed E-state index contributed by atoms with van der Waals surface area (Å²) in [6.45, 7) is 4.49. The summed E-state index contributed by atoms with van der Waals surface area (Å²) in [4.78, 5) is 29.3. The van der Waals surface area contributed by atoms with Crippen LogP contribution in [0.3, 0.4) is 0 Å². The average molecular weight is 419 g/mol. The van der Waals surface area contributed by atoms with Gasteiger partial charge in [-0.25, -0.2) is 4.98 Å². The normalized spacial score (nSPS) is 19.2. The van der Waals surface area contributed by atoms with E-state index in [1.165, 1.54) is 12.0 Å². The van der Waals surface area contributed by atoms with Crippen molar-refractivity contribution >= 4 is 17.5 Å². The van der Waals surface area contributed by atoms with Crippen LogP contribution in [-0.4, -0.2) is 59.2 Å². The number of nitrogens with zero attached hydrogens (tertiary/aromatic N) is 4. The number of anilines is 1. The van der Waals surface area contributed by atoms with Crippen molar-refractivity contribution in [1.82, 2.24) is 19.9 Å². The van der Waals surface area contributed by atoms with Gasteiger partial charge in [-0.1, -0.05) is 6.07 Å². The summed E-state index contributed by atoms with van der Waals surface area (Å²) in [7, 11) is 1.67. The van der Waals surface area contributed by atoms with E-state index in [0.717, 1.165) is 49.8 Å². The molecular formula is C23H25N5O3. The van der Waals surface area contributed by atoms with Crippen molar-refractivity contribution in [3.63, 3.8) is 0 Å². The second-order valence-corrected chi connectivity index (χ2v) is 7.93. The summed E-state index contributed by atoms with van der Waals surface area (Å²) in [5.41, 5.74) is 3.63. The van der Waals surface area contributed by atoms with E-state index >= 15 is 0 Å². The number of rotatable bonds is 5. The van der Waals surface area contributed by atoms with Crippen LogP contribution in [0.25, 0.3) is 11.6 Å². The molecule has 0 bridgehead atoms. The van der Waals surface area contributed by atoms with Crippen molar-refractivity contribution in [2.75, 3.05) is 38.2 Å². The van der Waals surface area contributed by atoms with Gasteiger partial charge in [0.2, 0.25) is 0 Å². The third kappa shape index (κ3) is 4.04. The van der Waals surface area contributed by atoms with Crippen LogP contribution in [0, 0.1) is 0 Å². The number of fused-ring (bicyclic) bond motifs is 1. The van der Waals surface area contributed by atoms with Crippen LogP contribution in [0.5, 0.6) is 0 Å². The molecule has 160 valence electrons. The molecule has 1 aliphatic carbocycles. The first-order valence-corrected chi connectivity index (χ1v) is 10.5. The maximum Gasteiger partial charge on any atom is 0.191 e. The first-order chi connectivity index (χ1) is 15.2. The zero-order valence-electron chi connectivity index (χ0n) is 17.5. The highest BCUT2D eigenvalue weighted by Gasteiger charge is 2.27. The summed E-state index contributed by atoms with van der Waals surface area (Å²) in [5, 5.41) is 0. The van der Waals surface area contributed by atoms with Crippen LogP contribution in [0.1, 0.15) is 22.6 Å². The van der Waals surface area contributed by atoms with Crippen LogP contribution < -0.4 is 10.3 Å². The fourth-order valence-electron chi connectivity index (χ4n) is 4.34. The molecule has 3 aromatic rings. The van der Waals surface area contributed by atoms with E-state index in [2.05, 4.69) is 30.8 Å². The highest BCUT2D eigenvalue weighted by atomic mass is 16.5. The van der Waals surface area contributed by atoms with Crippen molar-refractivity contribution in [3.8, 4) is 0 Å². The fraction of sp³-hybridized carbons (Fsp3) is 0.348. The molecule has 1 N–H and O–H groups in total. The number of nitrogens with one attached hydrogen (secondary N) is 1. The molecule has 1 fully saturated rings. The number of ether oxygens (including phenoxy) is 1. The summed E-state index contributed by atoms with van der Waals surface area (Å²) in [6.07, 6.45) is 9.01. The van der Waals surface area contributed by atoms with Gasteiger partial charge in [0.1, 0.15) is 5.82 Å². The van der Waals surface area contributed by atoms with Crippen LogP contribution in [-0.2, 0) is 17.7 Å². The Balaban J connectivity index is 1.34. The third-order valence-corrected chi connectivity index (χ3v) is 6.02. The van der Waals surface area contributed by atoms with E-state index in [9.17, 15) is 4.79 Å². The predicted octanol–water partition coefficient (Wildman–Crippen LogP) is 2.19. The minimum Gasteiger partial charge on any atom is -0.444 e. The average Bonchev–Trinajstić information content (AvgIpc) is 3.34. The first kappa shape index (κ1) is 19.7. The van der Waals surface area contributed by atoms with Gasteiger partial charge in [0.15, 0.2) is 17.6 Å². The molecule has 3 aromatic heterocycles. The second-order valence-electron chi connectivity index (χ2n) is 7.93. The topological polar surface area (TPSA) is 87.5 Å². The van der Waals surface area contributed by atoms with Gasteiger partial charge in [0.25, 0.3) is 0 Å². The monoisotopic (exact) mass is 419 g/mol. The Morgan fingerprint density at radius 2 is 2.10 bits per heavy atom. The molecule has 1 atom stereocenters. The van der Waals surface area contributed by atoms with Crippen LogP contribution in [0.4, 0.5) is 5.82 Å². The van der Waals surface area contributed by atoms with Gasteiger partial charge in [0, 0.05) is 81.5 Å². The number of hydrogen-bond acceptors (Lipinski definition) is 7. The standard InChI is InChI=1S/C23H25N5O3/c1-30-21-10-19-17(9-18(21)22-13-25-15-31-22)20(29)11-23(26-19)28-7-5-27(6-8-28)14-16-3-2-4-24-12-16/h2-4,9,11-13,15,21H,5-8,10,14H2,1H3,(H,26,29). The highest BCUT2D eigenvalue weighted by molar-refractivity contribution is 5.84. The van der Waals surface area contributed by atoms with Gasteiger partial charge in [-0.05, 0) is 17.7 Å². The maximum atomic E-state index is 12.9.